The standard InChI is InChI=1S/C24H26N6O10S3/c25-10-18(36)28-13(7(1-31)4-41-21(10)28)16(34)26-11-19(37)29-14(8(2-32)5-42-22(11)29)17(35)27-12-20(38)30-15(24(39)40)9(3-33)6-43-23(12)30/h10-12,21-23,31-33H,1-6,25H2,(H,26,34)(H,27,35)(H,39,40)/t10-,11-,12-,21-,22-,23-/m1/s1. The van der Waals surface area contributed by atoms with Crippen LogP contribution in [0.15, 0.2) is 33.8 Å². The van der Waals surface area contributed by atoms with Gasteiger partial charge in [-0.1, -0.05) is 0 Å². The molecule has 6 rings (SSSR count). The van der Waals surface area contributed by atoms with Gasteiger partial charge in [0.15, 0.2) is 0 Å². The van der Waals surface area contributed by atoms with Crippen molar-refractivity contribution in [2.45, 2.75) is 34.2 Å². The predicted molar refractivity (Wildman–Crippen MR) is 151 cm³/mol. The van der Waals surface area contributed by atoms with Gasteiger partial charge in [0.2, 0.25) is 5.91 Å². The second kappa shape index (κ2) is 11.1. The van der Waals surface area contributed by atoms with Crippen molar-refractivity contribution in [2.75, 3.05) is 37.1 Å². The third-order valence-corrected chi connectivity index (χ3v) is 12.0. The Morgan fingerprint density at radius 2 is 1.05 bits per heavy atom. The predicted octanol–water partition coefficient (Wildman–Crippen LogP) is -4.15. The Morgan fingerprint density at radius 1 is 0.674 bits per heavy atom. The van der Waals surface area contributed by atoms with E-state index in [2.05, 4.69) is 10.6 Å². The number of hydrogen-bond donors (Lipinski definition) is 7. The second-order valence-electron chi connectivity index (χ2n) is 10.3. The molecule has 6 heterocycles. The fraction of sp³-hybridized carbons (Fsp3) is 0.500. The lowest BCUT2D eigenvalue weighted by Gasteiger charge is -2.52. The van der Waals surface area contributed by atoms with Gasteiger partial charge in [0.1, 0.15) is 51.3 Å². The molecule has 6 aliphatic rings. The molecule has 0 bridgehead atoms. The van der Waals surface area contributed by atoms with Crippen molar-refractivity contribution in [1.29, 1.82) is 0 Å². The molecule has 3 saturated heterocycles. The van der Waals surface area contributed by atoms with E-state index in [0.29, 0.717) is 5.57 Å². The van der Waals surface area contributed by atoms with Gasteiger partial charge >= 0.3 is 5.97 Å². The van der Waals surface area contributed by atoms with Crippen molar-refractivity contribution >= 4 is 70.8 Å². The highest BCUT2D eigenvalue weighted by molar-refractivity contribution is 8.00. The van der Waals surface area contributed by atoms with E-state index >= 15 is 0 Å². The second-order valence-corrected chi connectivity index (χ2v) is 13.6. The maximum atomic E-state index is 13.5. The zero-order valence-electron chi connectivity index (χ0n) is 22.1. The zero-order valence-corrected chi connectivity index (χ0v) is 24.5. The van der Waals surface area contributed by atoms with Crippen molar-refractivity contribution in [3.8, 4) is 0 Å². The molecule has 43 heavy (non-hydrogen) atoms. The molecule has 8 N–H and O–H groups in total. The van der Waals surface area contributed by atoms with Crippen LogP contribution < -0.4 is 16.4 Å². The maximum absolute atomic E-state index is 13.5. The normalized spacial score (nSPS) is 31.5. The molecule has 6 aliphatic heterocycles. The number of nitrogens with zero attached hydrogens (tertiary/aromatic N) is 3. The number of thioether (sulfide) groups is 3. The molecule has 0 aromatic heterocycles. The fourth-order valence-electron chi connectivity index (χ4n) is 5.76. The van der Waals surface area contributed by atoms with Gasteiger partial charge in [0, 0.05) is 17.3 Å². The van der Waals surface area contributed by atoms with E-state index in [-0.39, 0.29) is 45.5 Å². The maximum Gasteiger partial charge on any atom is 0.352 e. The number of β-lactam (4-membered cyclic amide) rings is 3. The molecule has 0 aliphatic carbocycles. The van der Waals surface area contributed by atoms with Crippen LogP contribution in [0.25, 0.3) is 0 Å². The summed E-state index contributed by atoms with van der Waals surface area (Å²) >= 11 is 3.69. The Balaban J connectivity index is 1.17. The van der Waals surface area contributed by atoms with Gasteiger partial charge < -0.3 is 36.8 Å². The van der Waals surface area contributed by atoms with Gasteiger partial charge in [0.05, 0.1) is 19.8 Å². The SMILES string of the molecule is N[C@@H]1C(=O)N2C(C(=O)N[C@@H]3C(=O)N4C(C(=O)N[C@@H]5C(=O)N6C(C(=O)O)=C(CO)CS[C@H]56)=C(CO)CS[C@H]34)=C(CO)CS[C@H]12. The first-order chi connectivity index (χ1) is 20.5. The van der Waals surface area contributed by atoms with Gasteiger partial charge in [0.25, 0.3) is 23.6 Å². The molecule has 0 aromatic rings. The molecule has 0 aromatic carbocycles. The molecule has 6 atom stereocenters. The van der Waals surface area contributed by atoms with Crippen molar-refractivity contribution in [3.63, 3.8) is 0 Å². The van der Waals surface area contributed by atoms with Crippen LogP contribution in [-0.4, -0.2) is 142 Å². The van der Waals surface area contributed by atoms with E-state index in [1.807, 2.05) is 0 Å². The zero-order chi connectivity index (χ0) is 30.9. The number of fused-ring (bicyclic) bond motifs is 3. The molecule has 0 unspecified atom stereocenters. The minimum absolute atomic E-state index is 0.0493. The van der Waals surface area contributed by atoms with Crippen molar-refractivity contribution in [3.05, 3.63) is 33.8 Å². The number of hydrogen-bond acceptors (Lipinski definition) is 13. The molecule has 5 amide bonds. The minimum Gasteiger partial charge on any atom is -0.477 e. The topological polar surface area (TPSA) is 243 Å². The number of nitrogens with two attached hydrogens (primary N) is 1. The quantitative estimate of drug-likeness (QED) is 0.123. The number of rotatable bonds is 8. The first kappa shape index (κ1) is 30.0. The lowest BCUT2D eigenvalue weighted by atomic mass is 9.99. The molecular formula is C24H26N6O10S3. The summed E-state index contributed by atoms with van der Waals surface area (Å²) in [6.45, 7) is -1.57. The average Bonchev–Trinajstić information content (AvgIpc) is 3.02. The number of amides is 5. The molecule has 0 saturated carbocycles. The summed E-state index contributed by atoms with van der Waals surface area (Å²) in [5, 5.41) is 42.1. The molecule has 19 heteroatoms. The number of carboxylic acids is 1. The molecule has 3 fully saturated rings. The van der Waals surface area contributed by atoms with Crippen molar-refractivity contribution < 1.29 is 49.2 Å². The Labute approximate surface area is 255 Å². The Morgan fingerprint density at radius 3 is 1.47 bits per heavy atom. The minimum atomic E-state index is -1.38. The van der Waals surface area contributed by atoms with Crippen LogP contribution in [0.3, 0.4) is 0 Å². The van der Waals surface area contributed by atoms with Crippen molar-refractivity contribution in [2.24, 2.45) is 5.73 Å². The lowest BCUT2D eigenvalue weighted by molar-refractivity contribution is -0.152. The van der Waals surface area contributed by atoms with Gasteiger partial charge in [-0.2, -0.15) is 0 Å². The number of carbonyl (C=O) groups is 6. The van der Waals surface area contributed by atoms with E-state index in [4.69, 9.17) is 5.73 Å². The summed E-state index contributed by atoms with van der Waals surface area (Å²) in [6, 6.07) is -2.97. The molecule has 0 spiro atoms. The third kappa shape index (κ3) is 4.39. The van der Waals surface area contributed by atoms with Crippen LogP contribution in [0.4, 0.5) is 0 Å². The lowest BCUT2D eigenvalue weighted by Crippen LogP contribution is -2.74. The van der Waals surface area contributed by atoms with Gasteiger partial charge in [-0.3, -0.25) is 38.7 Å². The Kier molecular flexibility index (Phi) is 7.76. The summed E-state index contributed by atoms with van der Waals surface area (Å²) in [7, 11) is 0. The number of carboxylic acid groups (broad SMARTS) is 1. The van der Waals surface area contributed by atoms with Gasteiger partial charge in [-0.15, -0.1) is 35.3 Å². The first-order valence-corrected chi connectivity index (χ1v) is 16.1. The highest BCUT2D eigenvalue weighted by Crippen LogP contribution is 2.44. The van der Waals surface area contributed by atoms with Crippen LogP contribution in [0.5, 0.6) is 0 Å². The van der Waals surface area contributed by atoms with Crippen LogP contribution in [-0.2, 0) is 28.8 Å². The van der Waals surface area contributed by atoms with E-state index in [1.54, 1.807) is 0 Å². The summed E-state index contributed by atoms with van der Waals surface area (Å²) in [6.07, 6.45) is 0. The average molecular weight is 655 g/mol. The molecule has 0 radical (unpaired) electrons. The summed E-state index contributed by atoms with van der Waals surface area (Å²) < 4.78 is 0. The van der Waals surface area contributed by atoms with E-state index in [0.717, 1.165) is 9.80 Å². The monoisotopic (exact) mass is 654 g/mol. The van der Waals surface area contributed by atoms with E-state index < -0.39 is 89.6 Å². The molecule has 230 valence electrons. The van der Waals surface area contributed by atoms with Crippen LogP contribution in [0, 0.1) is 0 Å². The number of aliphatic hydroxyl groups is 3. The highest BCUT2D eigenvalue weighted by atomic mass is 32.2. The van der Waals surface area contributed by atoms with Gasteiger partial charge in [-0.05, 0) is 16.7 Å². The van der Waals surface area contributed by atoms with E-state index in [1.165, 1.54) is 40.2 Å². The summed E-state index contributed by atoms with van der Waals surface area (Å²) in [5.74, 6) is -4.22. The first-order valence-electron chi connectivity index (χ1n) is 13.0. The summed E-state index contributed by atoms with van der Waals surface area (Å²) in [4.78, 5) is 80.5. The molecular weight excluding hydrogens is 628 g/mol. The van der Waals surface area contributed by atoms with Crippen LogP contribution in [0.1, 0.15) is 0 Å². The van der Waals surface area contributed by atoms with Crippen molar-refractivity contribution in [1.82, 2.24) is 25.3 Å². The fourth-order valence-corrected chi connectivity index (χ4v) is 9.71. The number of nitrogens with one attached hydrogen (secondary N) is 2. The number of aliphatic carboxylic acids is 1. The van der Waals surface area contributed by atoms with E-state index in [9.17, 15) is 49.2 Å². The largest absolute Gasteiger partial charge is 0.477 e. The Hall–Kier alpha value is -3.07. The van der Waals surface area contributed by atoms with Crippen LogP contribution >= 0.6 is 35.3 Å². The number of carbonyl (C=O) groups excluding carboxylic acids is 5. The summed E-state index contributed by atoms with van der Waals surface area (Å²) in [5.41, 5.74) is 6.03. The number of aliphatic hydroxyl groups excluding tert-OH is 3. The third-order valence-electron chi connectivity index (χ3n) is 7.96. The smallest absolute Gasteiger partial charge is 0.352 e. The highest BCUT2D eigenvalue weighted by Gasteiger charge is 2.58. The Bertz CT molecular complexity index is 1460. The van der Waals surface area contributed by atoms with Gasteiger partial charge in [-0.25, -0.2) is 4.79 Å². The van der Waals surface area contributed by atoms with Crippen LogP contribution in [0.2, 0.25) is 0 Å². The molecule has 16 nitrogen and oxygen atoms in total.